The first kappa shape index (κ1) is 15.3. The van der Waals surface area contributed by atoms with Gasteiger partial charge in [0, 0.05) is 30.9 Å². The van der Waals surface area contributed by atoms with Crippen LogP contribution in [0.2, 0.25) is 0 Å². The number of carboxylic acids is 1. The molecule has 0 amide bonds. The Hall–Kier alpha value is -2.05. The van der Waals surface area contributed by atoms with Crippen molar-refractivity contribution in [3.8, 4) is 0 Å². The fourth-order valence-electron chi connectivity index (χ4n) is 2.38. The standard InChI is InChI=1S/C14H15F3N2O2/c15-14(16,17)11-5-8-19(9-6-11)13-10(2-1-7-18-13)3-4-12(20)21/h1-4,7,11H,5-6,8-9H2,(H,20,21)/b4-3+. The van der Waals surface area contributed by atoms with Crippen LogP contribution in [0.5, 0.6) is 0 Å². The molecule has 1 saturated heterocycles. The van der Waals surface area contributed by atoms with Gasteiger partial charge in [0.05, 0.1) is 5.92 Å². The summed E-state index contributed by atoms with van der Waals surface area (Å²) in [5.41, 5.74) is 0.588. The Bertz CT molecular complexity index is 535. The molecule has 1 aromatic rings. The second-order valence-electron chi connectivity index (χ2n) is 4.89. The first-order valence-electron chi connectivity index (χ1n) is 6.55. The minimum atomic E-state index is -4.15. The zero-order chi connectivity index (χ0) is 15.5. The number of carboxylic acid groups (broad SMARTS) is 1. The van der Waals surface area contributed by atoms with Crippen molar-refractivity contribution >= 4 is 17.9 Å². The average molecular weight is 300 g/mol. The van der Waals surface area contributed by atoms with Crippen LogP contribution in [-0.2, 0) is 4.79 Å². The maximum atomic E-state index is 12.6. The minimum absolute atomic E-state index is 0.0299. The van der Waals surface area contributed by atoms with Gasteiger partial charge in [-0.1, -0.05) is 0 Å². The molecule has 0 bridgehead atoms. The lowest BCUT2D eigenvalue weighted by atomic mass is 9.96. The van der Waals surface area contributed by atoms with Crippen LogP contribution in [0.1, 0.15) is 18.4 Å². The van der Waals surface area contributed by atoms with Gasteiger partial charge in [-0.15, -0.1) is 0 Å². The van der Waals surface area contributed by atoms with E-state index in [1.807, 2.05) is 0 Å². The molecule has 4 nitrogen and oxygen atoms in total. The van der Waals surface area contributed by atoms with Gasteiger partial charge < -0.3 is 10.0 Å². The highest BCUT2D eigenvalue weighted by molar-refractivity contribution is 5.86. The number of alkyl halides is 3. The molecule has 0 radical (unpaired) electrons. The first-order chi connectivity index (χ1) is 9.88. The molecule has 1 N–H and O–H groups in total. The van der Waals surface area contributed by atoms with Crippen molar-refractivity contribution in [2.24, 2.45) is 5.92 Å². The van der Waals surface area contributed by atoms with Crippen molar-refractivity contribution in [1.29, 1.82) is 0 Å². The van der Waals surface area contributed by atoms with Crippen LogP contribution in [0.3, 0.4) is 0 Å². The number of carbonyl (C=O) groups is 1. The Kier molecular flexibility index (Phi) is 4.50. The predicted octanol–water partition coefficient (Wildman–Crippen LogP) is 2.96. The summed E-state index contributed by atoms with van der Waals surface area (Å²) in [4.78, 5) is 16.5. The molecule has 0 saturated carbocycles. The molecule has 0 spiro atoms. The van der Waals surface area contributed by atoms with E-state index in [0.717, 1.165) is 6.08 Å². The lowest BCUT2D eigenvalue weighted by Gasteiger charge is -2.34. The molecule has 114 valence electrons. The van der Waals surface area contributed by atoms with Gasteiger partial charge in [0.1, 0.15) is 5.82 Å². The van der Waals surface area contributed by atoms with E-state index in [9.17, 15) is 18.0 Å². The van der Waals surface area contributed by atoms with E-state index in [2.05, 4.69) is 4.98 Å². The van der Waals surface area contributed by atoms with Gasteiger partial charge in [0.15, 0.2) is 0 Å². The Morgan fingerprint density at radius 3 is 2.62 bits per heavy atom. The lowest BCUT2D eigenvalue weighted by Crippen LogP contribution is -2.39. The fraction of sp³-hybridized carbons (Fsp3) is 0.429. The van der Waals surface area contributed by atoms with Crippen molar-refractivity contribution in [3.05, 3.63) is 30.0 Å². The van der Waals surface area contributed by atoms with Crippen LogP contribution in [0, 0.1) is 5.92 Å². The molecule has 0 aromatic carbocycles. The number of aliphatic carboxylic acids is 1. The largest absolute Gasteiger partial charge is 0.478 e. The first-order valence-corrected chi connectivity index (χ1v) is 6.55. The predicted molar refractivity (Wildman–Crippen MR) is 71.9 cm³/mol. The third-order valence-corrected chi connectivity index (χ3v) is 3.48. The smallest absolute Gasteiger partial charge is 0.391 e. The maximum Gasteiger partial charge on any atom is 0.391 e. The number of pyridine rings is 1. The zero-order valence-corrected chi connectivity index (χ0v) is 11.2. The van der Waals surface area contributed by atoms with Crippen LogP contribution in [0.4, 0.5) is 19.0 Å². The third kappa shape index (κ3) is 3.96. The molecule has 1 aliphatic heterocycles. The van der Waals surface area contributed by atoms with Crippen molar-refractivity contribution in [1.82, 2.24) is 4.98 Å². The Morgan fingerprint density at radius 1 is 1.38 bits per heavy atom. The normalized spacial score (nSPS) is 17.4. The number of hydrogen-bond donors (Lipinski definition) is 1. The Morgan fingerprint density at radius 2 is 2.05 bits per heavy atom. The fourth-order valence-corrected chi connectivity index (χ4v) is 2.38. The van der Waals surface area contributed by atoms with Crippen LogP contribution in [0.15, 0.2) is 24.4 Å². The number of nitrogens with zero attached hydrogens (tertiary/aromatic N) is 2. The quantitative estimate of drug-likeness (QED) is 0.872. The number of anilines is 1. The Labute approximate surface area is 119 Å². The summed E-state index contributed by atoms with van der Waals surface area (Å²) in [7, 11) is 0. The maximum absolute atomic E-state index is 12.6. The van der Waals surface area contributed by atoms with Crippen LogP contribution in [0.25, 0.3) is 6.08 Å². The van der Waals surface area contributed by atoms with Gasteiger partial charge in [0.25, 0.3) is 0 Å². The molecule has 1 aliphatic rings. The van der Waals surface area contributed by atoms with E-state index in [4.69, 9.17) is 5.11 Å². The van der Waals surface area contributed by atoms with Crippen molar-refractivity contribution in [3.63, 3.8) is 0 Å². The molecule has 2 rings (SSSR count). The number of hydrogen-bond acceptors (Lipinski definition) is 3. The van der Waals surface area contributed by atoms with Crippen LogP contribution in [-0.4, -0.2) is 35.3 Å². The van der Waals surface area contributed by atoms with Gasteiger partial charge in [-0.3, -0.25) is 0 Å². The lowest BCUT2D eigenvalue weighted by molar-refractivity contribution is -0.179. The van der Waals surface area contributed by atoms with Gasteiger partial charge >= 0.3 is 12.1 Å². The Balaban J connectivity index is 2.12. The summed E-state index contributed by atoms with van der Waals surface area (Å²) < 4.78 is 37.9. The number of rotatable bonds is 3. The van der Waals surface area contributed by atoms with E-state index in [0.29, 0.717) is 11.4 Å². The molecule has 1 fully saturated rings. The summed E-state index contributed by atoms with van der Waals surface area (Å²) in [6.07, 6.45) is -0.153. The molecule has 0 aliphatic carbocycles. The van der Waals surface area contributed by atoms with Gasteiger partial charge in [-0.25, -0.2) is 9.78 Å². The minimum Gasteiger partial charge on any atom is -0.478 e. The van der Waals surface area contributed by atoms with Crippen molar-refractivity contribution in [2.45, 2.75) is 19.0 Å². The van der Waals surface area contributed by atoms with E-state index in [1.165, 1.54) is 6.08 Å². The highest BCUT2D eigenvalue weighted by Crippen LogP contribution is 2.35. The second kappa shape index (κ2) is 6.15. The molecule has 0 atom stereocenters. The third-order valence-electron chi connectivity index (χ3n) is 3.48. The monoisotopic (exact) mass is 300 g/mol. The van der Waals surface area contributed by atoms with E-state index in [1.54, 1.807) is 23.2 Å². The van der Waals surface area contributed by atoms with Crippen molar-refractivity contribution in [2.75, 3.05) is 18.0 Å². The van der Waals surface area contributed by atoms with Crippen LogP contribution >= 0.6 is 0 Å². The highest BCUT2D eigenvalue weighted by Gasteiger charge is 2.41. The molecule has 21 heavy (non-hydrogen) atoms. The topological polar surface area (TPSA) is 53.4 Å². The van der Waals surface area contributed by atoms with Crippen LogP contribution < -0.4 is 4.90 Å². The summed E-state index contributed by atoms with van der Waals surface area (Å²) in [5, 5.41) is 8.65. The SMILES string of the molecule is O=C(O)/C=C/c1cccnc1N1CCC(C(F)(F)F)CC1. The number of aromatic nitrogens is 1. The molecule has 0 unspecified atom stereocenters. The van der Waals surface area contributed by atoms with Crippen molar-refractivity contribution < 1.29 is 23.1 Å². The highest BCUT2D eigenvalue weighted by atomic mass is 19.4. The number of piperidine rings is 1. The molecule has 1 aromatic heterocycles. The molecule has 2 heterocycles. The summed E-state index contributed by atoms with van der Waals surface area (Å²) in [6, 6.07) is 3.35. The van der Waals surface area contributed by atoms with Gasteiger partial charge in [0.2, 0.25) is 0 Å². The second-order valence-corrected chi connectivity index (χ2v) is 4.89. The number of halogens is 3. The zero-order valence-electron chi connectivity index (χ0n) is 11.2. The van der Waals surface area contributed by atoms with Gasteiger partial charge in [-0.2, -0.15) is 13.2 Å². The molecule has 7 heteroatoms. The van der Waals surface area contributed by atoms with Gasteiger partial charge in [-0.05, 0) is 31.1 Å². The average Bonchev–Trinajstić information content (AvgIpc) is 2.44. The van der Waals surface area contributed by atoms with E-state index in [-0.39, 0.29) is 25.9 Å². The molecular weight excluding hydrogens is 285 g/mol. The summed E-state index contributed by atoms with van der Waals surface area (Å²) in [6.45, 7) is 0.518. The summed E-state index contributed by atoms with van der Waals surface area (Å²) >= 11 is 0. The summed E-state index contributed by atoms with van der Waals surface area (Å²) in [5.74, 6) is -1.83. The van der Waals surface area contributed by atoms with E-state index >= 15 is 0 Å². The van der Waals surface area contributed by atoms with E-state index < -0.39 is 18.1 Å². The molecular formula is C14H15F3N2O2.